The van der Waals surface area contributed by atoms with Crippen molar-refractivity contribution in [3.63, 3.8) is 0 Å². The van der Waals surface area contributed by atoms with E-state index in [2.05, 4.69) is 48.8 Å². The Morgan fingerprint density at radius 1 is 0.769 bits per heavy atom. The van der Waals surface area contributed by atoms with Crippen LogP contribution in [0.15, 0.2) is 25.7 Å². The molecule has 0 heterocycles. The summed E-state index contributed by atoms with van der Waals surface area (Å²) in [5, 5.41) is 0. The van der Waals surface area contributed by atoms with Crippen LogP contribution in [0.3, 0.4) is 0 Å². The monoisotopic (exact) mass is 404 g/mol. The van der Waals surface area contributed by atoms with Gasteiger partial charge in [-0.05, 0) is 51.1 Å². The van der Waals surface area contributed by atoms with Gasteiger partial charge in [-0.2, -0.15) is 0 Å². The molecule has 0 aliphatic carbocycles. The summed E-state index contributed by atoms with van der Waals surface area (Å²) in [7, 11) is -3.63. The maximum atomic E-state index is 11.1. The molecule has 7 nitrogen and oxygen atoms in total. The van der Waals surface area contributed by atoms with E-state index in [1.54, 1.807) is 0 Å². The molecule has 0 N–H and O–H groups in total. The standard InChI is InChI=1S/C17H32O7Si2/c1-7-20-16(18)22-12-9-10-14-25(3,4)24-26(5,6)15-11-13-23-17(19)21-8-2/h7-8H,1-2,9-15H2,3-6H3. The average molecular weight is 405 g/mol. The first-order valence-corrected chi connectivity index (χ1v) is 14.9. The highest BCUT2D eigenvalue weighted by atomic mass is 28.4. The van der Waals surface area contributed by atoms with E-state index in [-0.39, 0.29) is 0 Å². The summed E-state index contributed by atoms with van der Waals surface area (Å²) < 4.78 is 25.3. The first-order valence-electron chi connectivity index (χ1n) is 8.71. The zero-order valence-electron chi connectivity index (χ0n) is 16.4. The van der Waals surface area contributed by atoms with Crippen molar-refractivity contribution >= 4 is 28.9 Å². The summed E-state index contributed by atoms with van der Waals surface area (Å²) in [6.07, 6.45) is 3.09. The normalized spacial score (nSPS) is 11.4. The fourth-order valence-electron chi connectivity index (χ4n) is 2.52. The van der Waals surface area contributed by atoms with Crippen molar-refractivity contribution in [1.82, 2.24) is 0 Å². The Hall–Kier alpha value is -1.59. The van der Waals surface area contributed by atoms with Gasteiger partial charge in [0, 0.05) is 0 Å². The Labute approximate surface area is 158 Å². The molecule has 0 bridgehead atoms. The molecule has 0 aromatic rings. The Bertz CT molecular complexity index is 464. The molecule has 0 fully saturated rings. The molecule has 0 unspecified atom stereocenters. The third-order valence-electron chi connectivity index (χ3n) is 3.45. The van der Waals surface area contributed by atoms with Crippen LogP contribution in [0.1, 0.15) is 19.3 Å². The molecule has 0 amide bonds. The quantitative estimate of drug-likeness (QED) is 0.181. The van der Waals surface area contributed by atoms with Crippen molar-refractivity contribution in [1.29, 1.82) is 0 Å². The van der Waals surface area contributed by atoms with Crippen LogP contribution in [-0.4, -0.2) is 42.2 Å². The number of ether oxygens (including phenoxy) is 4. The average Bonchev–Trinajstić information content (AvgIpc) is 2.50. The molecule has 0 aromatic carbocycles. The molecule has 9 heteroatoms. The molecule has 0 aliphatic heterocycles. The van der Waals surface area contributed by atoms with Gasteiger partial charge >= 0.3 is 12.3 Å². The summed E-state index contributed by atoms with van der Waals surface area (Å²) in [6.45, 7) is 16.0. The predicted molar refractivity (Wildman–Crippen MR) is 105 cm³/mol. The van der Waals surface area contributed by atoms with E-state index in [4.69, 9.17) is 13.6 Å². The number of rotatable bonds is 13. The lowest BCUT2D eigenvalue weighted by molar-refractivity contribution is 0.0831. The summed E-state index contributed by atoms with van der Waals surface area (Å²) in [5.41, 5.74) is 0. The lowest BCUT2D eigenvalue weighted by Crippen LogP contribution is -2.44. The van der Waals surface area contributed by atoms with Crippen LogP contribution in [0.5, 0.6) is 0 Å². The Kier molecular flexibility index (Phi) is 11.9. The minimum atomic E-state index is -1.83. The van der Waals surface area contributed by atoms with Gasteiger partial charge in [-0.1, -0.05) is 19.6 Å². The second-order valence-electron chi connectivity index (χ2n) is 6.95. The fourth-order valence-corrected chi connectivity index (χ4v) is 11.4. The number of carbonyl (C=O) groups excluding carboxylic acids is 2. The minimum Gasteiger partial charge on any atom is -0.455 e. The summed E-state index contributed by atoms with van der Waals surface area (Å²) in [6, 6.07) is 1.90. The van der Waals surface area contributed by atoms with E-state index in [1.807, 2.05) is 0 Å². The van der Waals surface area contributed by atoms with Gasteiger partial charge in [0.15, 0.2) is 16.6 Å². The molecule has 0 aromatic heterocycles. The van der Waals surface area contributed by atoms with Gasteiger partial charge in [-0.25, -0.2) is 9.59 Å². The van der Waals surface area contributed by atoms with Crippen LogP contribution in [0.25, 0.3) is 0 Å². The Morgan fingerprint density at radius 3 is 1.65 bits per heavy atom. The highest BCUT2D eigenvalue weighted by Gasteiger charge is 2.32. The van der Waals surface area contributed by atoms with E-state index in [0.29, 0.717) is 13.2 Å². The van der Waals surface area contributed by atoms with E-state index >= 15 is 0 Å². The highest BCUT2D eigenvalue weighted by molar-refractivity contribution is 6.84. The molecule has 0 saturated heterocycles. The topological polar surface area (TPSA) is 80.3 Å². The zero-order chi connectivity index (χ0) is 20.1. The van der Waals surface area contributed by atoms with Crippen LogP contribution in [0.4, 0.5) is 9.59 Å². The van der Waals surface area contributed by atoms with Gasteiger partial charge in [0.2, 0.25) is 0 Å². The molecule has 0 rings (SSSR count). The molecule has 0 saturated carbocycles. The van der Waals surface area contributed by atoms with Crippen LogP contribution in [0.2, 0.25) is 38.3 Å². The van der Waals surface area contributed by atoms with Gasteiger partial charge < -0.3 is 23.1 Å². The second kappa shape index (κ2) is 12.7. The number of hydrogen-bond acceptors (Lipinski definition) is 7. The SMILES string of the molecule is C=COC(=O)OCCCC[Si](C)(C)O[Si](C)(C)CCCOC(=O)OC=C. The summed E-state index contributed by atoms with van der Waals surface area (Å²) in [4.78, 5) is 22.1. The second-order valence-corrected chi connectivity index (χ2v) is 15.8. The molecular formula is C17H32O7Si2. The smallest absolute Gasteiger partial charge is 0.455 e. The number of hydrogen-bond donors (Lipinski definition) is 0. The summed E-state index contributed by atoms with van der Waals surface area (Å²) in [5.74, 6) is 0. The largest absolute Gasteiger partial charge is 0.513 e. The molecule has 0 radical (unpaired) electrons. The van der Waals surface area contributed by atoms with Crippen LogP contribution < -0.4 is 0 Å². The van der Waals surface area contributed by atoms with E-state index in [9.17, 15) is 9.59 Å². The van der Waals surface area contributed by atoms with Crippen LogP contribution in [0, 0.1) is 0 Å². The maximum absolute atomic E-state index is 11.1. The predicted octanol–water partition coefficient (Wildman–Crippen LogP) is 5.18. The van der Waals surface area contributed by atoms with Gasteiger partial charge in [-0.3, -0.25) is 0 Å². The molecule has 0 aliphatic rings. The van der Waals surface area contributed by atoms with Crippen molar-refractivity contribution in [2.75, 3.05) is 13.2 Å². The van der Waals surface area contributed by atoms with Crippen molar-refractivity contribution < 1.29 is 32.7 Å². The molecular weight excluding hydrogens is 372 g/mol. The molecule has 0 atom stereocenters. The van der Waals surface area contributed by atoms with Crippen LogP contribution >= 0.6 is 0 Å². The molecule has 26 heavy (non-hydrogen) atoms. The third kappa shape index (κ3) is 13.7. The third-order valence-corrected chi connectivity index (χ3v) is 11.0. The first kappa shape index (κ1) is 24.4. The number of carbonyl (C=O) groups is 2. The van der Waals surface area contributed by atoms with E-state index in [1.165, 1.54) is 0 Å². The maximum Gasteiger partial charge on any atom is 0.513 e. The van der Waals surface area contributed by atoms with Crippen molar-refractivity contribution in [3.8, 4) is 0 Å². The minimum absolute atomic E-state index is 0.312. The van der Waals surface area contributed by atoms with Gasteiger partial charge in [0.1, 0.15) is 0 Å². The Morgan fingerprint density at radius 2 is 1.19 bits per heavy atom. The van der Waals surface area contributed by atoms with Gasteiger partial charge in [-0.15, -0.1) is 0 Å². The van der Waals surface area contributed by atoms with E-state index in [0.717, 1.165) is 43.9 Å². The van der Waals surface area contributed by atoms with Gasteiger partial charge in [0.05, 0.1) is 25.7 Å². The van der Waals surface area contributed by atoms with Gasteiger partial charge in [0.25, 0.3) is 0 Å². The highest BCUT2D eigenvalue weighted by Crippen LogP contribution is 2.24. The Balaban J connectivity index is 4.01. The lowest BCUT2D eigenvalue weighted by Gasteiger charge is -2.34. The molecule has 0 spiro atoms. The number of unbranched alkanes of at least 4 members (excludes halogenated alkanes) is 1. The zero-order valence-corrected chi connectivity index (χ0v) is 18.4. The van der Waals surface area contributed by atoms with E-state index < -0.39 is 28.9 Å². The van der Waals surface area contributed by atoms with Crippen molar-refractivity contribution in [2.24, 2.45) is 0 Å². The summed E-state index contributed by atoms with van der Waals surface area (Å²) >= 11 is 0. The first-order chi connectivity index (χ1) is 12.1. The molecule has 150 valence electrons. The van der Waals surface area contributed by atoms with Crippen molar-refractivity contribution in [3.05, 3.63) is 25.7 Å². The van der Waals surface area contributed by atoms with Crippen molar-refractivity contribution in [2.45, 2.75) is 57.5 Å². The lowest BCUT2D eigenvalue weighted by atomic mass is 10.4. The van der Waals surface area contributed by atoms with Crippen LogP contribution in [-0.2, 0) is 23.1 Å². The fraction of sp³-hybridized carbons (Fsp3) is 0.647.